The van der Waals surface area contributed by atoms with E-state index >= 15 is 0 Å². The first kappa shape index (κ1) is 15.3. The summed E-state index contributed by atoms with van der Waals surface area (Å²) in [5.41, 5.74) is 4.74. The van der Waals surface area contributed by atoms with E-state index in [0.29, 0.717) is 4.77 Å². The van der Waals surface area contributed by atoms with Gasteiger partial charge in [0.25, 0.3) is 0 Å². The molecule has 0 saturated carbocycles. The van der Waals surface area contributed by atoms with E-state index in [1.165, 1.54) is 16.7 Å². The highest BCUT2D eigenvalue weighted by molar-refractivity contribution is 7.71. The second-order valence-electron chi connectivity index (χ2n) is 6.61. The van der Waals surface area contributed by atoms with Gasteiger partial charge in [-0.25, -0.2) is 4.99 Å². The molecule has 2 aliphatic rings. The van der Waals surface area contributed by atoms with E-state index in [0.717, 1.165) is 11.5 Å². The van der Waals surface area contributed by atoms with Gasteiger partial charge in [-0.2, -0.15) is 5.10 Å². The highest BCUT2D eigenvalue weighted by Crippen LogP contribution is 2.45. The molecule has 0 bridgehead atoms. The standard InChI is InChI=1S/C20H17N5S/c1-13-7-9-15(10-8-13)24-11-16(14-5-3-2-4-6-14)17-18(24)21-12-25-19(17)22-23-20(25)26/h2-12,17-18H,1H3,(H,23,26). The van der Waals surface area contributed by atoms with Crippen molar-refractivity contribution >= 4 is 29.8 Å². The molecule has 2 atom stereocenters. The molecule has 3 heterocycles. The van der Waals surface area contributed by atoms with Gasteiger partial charge in [0.05, 0.1) is 12.3 Å². The van der Waals surface area contributed by atoms with Crippen LogP contribution in [0, 0.1) is 11.7 Å². The number of hydrogen-bond donors (Lipinski definition) is 1. The van der Waals surface area contributed by atoms with Gasteiger partial charge >= 0.3 is 0 Å². The van der Waals surface area contributed by atoms with E-state index in [2.05, 4.69) is 76.8 Å². The van der Waals surface area contributed by atoms with Crippen molar-refractivity contribution in [3.05, 3.63) is 82.5 Å². The number of aromatic nitrogens is 3. The fraction of sp³-hybridized carbons (Fsp3) is 0.150. The fourth-order valence-corrected chi connectivity index (χ4v) is 3.86. The SMILES string of the molecule is Cc1ccc(N2C=C(c3ccccc3)C3c4n[nH]c(=S)n4C=NC32)cc1. The summed E-state index contributed by atoms with van der Waals surface area (Å²) in [6.07, 6.45) is 3.91. The van der Waals surface area contributed by atoms with Crippen molar-refractivity contribution < 1.29 is 0 Å². The van der Waals surface area contributed by atoms with Crippen LogP contribution in [0.3, 0.4) is 0 Å². The Balaban J connectivity index is 1.68. The third-order valence-electron chi connectivity index (χ3n) is 4.98. The van der Waals surface area contributed by atoms with Gasteiger partial charge in [-0.3, -0.25) is 9.67 Å². The summed E-state index contributed by atoms with van der Waals surface area (Å²) in [5, 5.41) is 7.41. The van der Waals surface area contributed by atoms with Crippen molar-refractivity contribution in [1.82, 2.24) is 14.8 Å². The second-order valence-corrected chi connectivity index (χ2v) is 6.99. The van der Waals surface area contributed by atoms with Gasteiger partial charge in [0, 0.05) is 11.9 Å². The molecule has 0 fully saturated rings. The molecule has 3 aromatic rings. The Morgan fingerprint density at radius 1 is 1.04 bits per heavy atom. The van der Waals surface area contributed by atoms with Crippen LogP contribution in [0.25, 0.3) is 5.57 Å². The number of aromatic amines is 1. The van der Waals surface area contributed by atoms with Gasteiger partial charge < -0.3 is 4.90 Å². The average Bonchev–Trinajstić information content (AvgIpc) is 3.24. The van der Waals surface area contributed by atoms with Crippen molar-refractivity contribution in [3.8, 4) is 0 Å². The quantitative estimate of drug-likeness (QED) is 0.701. The largest absolute Gasteiger partial charge is 0.324 e. The summed E-state index contributed by atoms with van der Waals surface area (Å²) < 4.78 is 2.44. The minimum Gasteiger partial charge on any atom is -0.324 e. The third kappa shape index (κ3) is 2.26. The van der Waals surface area contributed by atoms with E-state index in [4.69, 9.17) is 17.2 Å². The number of fused-ring (bicyclic) bond motifs is 3. The molecule has 1 aromatic heterocycles. The Morgan fingerprint density at radius 2 is 1.81 bits per heavy atom. The van der Waals surface area contributed by atoms with Crippen LogP contribution < -0.4 is 4.90 Å². The van der Waals surface area contributed by atoms with Crippen LogP contribution >= 0.6 is 12.2 Å². The number of aliphatic imine (C=N–C) groups is 1. The molecule has 6 heteroatoms. The van der Waals surface area contributed by atoms with Gasteiger partial charge in [0.1, 0.15) is 12.0 Å². The summed E-state index contributed by atoms with van der Waals surface area (Å²) in [6.45, 7) is 2.10. The lowest BCUT2D eigenvalue weighted by Crippen LogP contribution is -2.34. The first-order valence-electron chi connectivity index (χ1n) is 8.54. The van der Waals surface area contributed by atoms with Crippen molar-refractivity contribution in [3.63, 3.8) is 0 Å². The first-order valence-corrected chi connectivity index (χ1v) is 8.95. The van der Waals surface area contributed by atoms with Gasteiger partial charge in [0.15, 0.2) is 0 Å². The minimum absolute atomic E-state index is 0.0247. The van der Waals surface area contributed by atoms with E-state index in [9.17, 15) is 0 Å². The number of benzene rings is 2. The number of aryl methyl sites for hydroxylation is 1. The Bertz CT molecular complexity index is 1080. The maximum atomic E-state index is 5.35. The molecule has 0 radical (unpaired) electrons. The molecule has 5 rings (SSSR count). The Labute approximate surface area is 156 Å². The number of anilines is 1. The maximum Gasteiger partial charge on any atom is 0.200 e. The van der Waals surface area contributed by atoms with Gasteiger partial charge in [0.2, 0.25) is 4.77 Å². The lowest BCUT2D eigenvalue weighted by molar-refractivity contribution is 0.603. The zero-order valence-electron chi connectivity index (χ0n) is 14.2. The third-order valence-corrected chi connectivity index (χ3v) is 5.27. The molecule has 2 aromatic carbocycles. The molecule has 0 saturated heterocycles. The Hall–Kier alpha value is -2.99. The zero-order chi connectivity index (χ0) is 17.7. The Kier molecular flexibility index (Phi) is 3.39. The van der Waals surface area contributed by atoms with Crippen LogP contribution in [0.1, 0.15) is 22.9 Å². The minimum atomic E-state index is -0.0642. The molecule has 2 unspecified atom stereocenters. The molecule has 0 amide bonds. The summed E-state index contributed by atoms with van der Waals surface area (Å²) in [4.78, 5) is 7.03. The molecule has 1 N–H and O–H groups in total. The highest BCUT2D eigenvalue weighted by Gasteiger charge is 2.42. The van der Waals surface area contributed by atoms with Crippen molar-refractivity contribution in [2.24, 2.45) is 4.99 Å². The van der Waals surface area contributed by atoms with Crippen molar-refractivity contribution in [2.75, 3.05) is 4.90 Å². The van der Waals surface area contributed by atoms with Crippen LogP contribution in [0.2, 0.25) is 0 Å². The molecule has 5 nitrogen and oxygen atoms in total. The van der Waals surface area contributed by atoms with Crippen molar-refractivity contribution in [2.45, 2.75) is 19.0 Å². The summed E-state index contributed by atoms with van der Waals surface area (Å²) in [5.74, 6) is 0.927. The van der Waals surface area contributed by atoms with E-state index in [-0.39, 0.29) is 12.1 Å². The van der Waals surface area contributed by atoms with Crippen LogP contribution in [-0.2, 0) is 0 Å². The highest BCUT2D eigenvalue weighted by atomic mass is 32.1. The lowest BCUT2D eigenvalue weighted by atomic mass is 9.92. The first-order chi connectivity index (χ1) is 12.7. The lowest BCUT2D eigenvalue weighted by Gasteiger charge is -2.29. The maximum absolute atomic E-state index is 5.35. The smallest absolute Gasteiger partial charge is 0.200 e. The van der Waals surface area contributed by atoms with Gasteiger partial charge in [-0.15, -0.1) is 0 Å². The number of nitrogens with one attached hydrogen (secondary N) is 1. The molecule has 0 aliphatic carbocycles. The van der Waals surface area contributed by atoms with Crippen LogP contribution in [0.15, 0.2) is 65.8 Å². The fourth-order valence-electron chi connectivity index (χ4n) is 3.67. The normalized spacial score (nSPS) is 20.7. The predicted octanol–water partition coefficient (Wildman–Crippen LogP) is 4.11. The van der Waals surface area contributed by atoms with E-state index in [1.807, 2.05) is 10.6 Å². The van der Waals surface area contributed by atoms with Crippen LogP contribution in [0.4, 0.5) is 5.69 Å². The van der Waals surface area contributed by atoms with Crippen molar-refractivity contribution in [1.29, 1.82) is 0 Å². The molecular weight excluding hydrogens is 342 g/mol. The number of rotatable bonds is 2. The number of hydrogen-bond acceptors (Lipinski definition) is 4. The van der Waals surface area contributed by atoms with Crippen LogP contribution in [0.5, 0.6) is 0 Å². The molecular formula is C20H17N5S. The summed E-state index contributed by atoms with van der Waals surface area (Å²) in [6, 6.07) is 18.9. The molecule has 128 valence electrons. The monoisotopic (exact) mass is 359 g/mol. The summed E-state index contributed by atoms with van der Waals surface area (Å²) >= 11 is 5.35. The van der Waals surface area contributed by atoms with Gasteiger partial charge in [-0.1, -0.05) is 48.0 Å². The number of nitrogens with zero attached hydrogens (tertiary/aromatic N) is 4. The zero-order valence-corrected chi connectivity index (χ0v) is 15.0. The van der Waals surface area contributed by atoms with E-state index < -0.39 is 0 Å². The predicted molar refractivity (Wildman–Crippen MR) is 106 cm³/mol. The van der Waals surface area contributed by atoms with Crippen LogP contribution in [-0.4, -0.2) is 27.3 Å². The molecule has 2 aliphatic heterocycles. The van der Waals surface area contributed by atoms with Gasteiger partial charge in [-0.05, 0) is 42.4 Å². The molecule has 26 heavy (non-hydrogen) atoms. The second kappa shape index (κ2) is 5.78. The van der Waals surface area contributed by atoms with E-state index in [1.54, 1.807) is 6.34 Å². The Morgan fingerprint density at radius 3 is 2.58 bits per heavy atom. The number of H-pyrrole nitrogens is 1. The summed E-state index contributed by atoms with van der Waals surface area (Å²) in [7, 11) is 0. The topological polar surface area (TPSA) is 49.2 Å². The molecule has 0 spiro atoms. The average molecular weight is 359 g/mol.